The zero-order valence-electron chi connectivity index (χ0n) is 15.9. The number of benzene rings is 1. The molecule has 0 radical (unpaired) electrons. The van der Waals surface area contributed by atoms with E-state index in [0.29, 0.717) is 12.5 Å². The fraction of sp³-hybridized carbons (Fsp3) is 0.650. The molecule has 3 atom stereocenters. The van der Waals surface area contributed by atoms with Gasteiger partial charge in [-0.2, -0.15) is 0 Å². The number of hydrogen-bond acceptors (Lipinski definition) is 5. The summed E-state index contributed by atoms with van der Waals surface area (Å²) in [6, 6.07) is 6.14. The molecule has 6 nitrogen and oxygen atoms in total. The number of ether oxygens (including phenoxy) is 3. The molecule has 3 N–H and O–H groups in total. The quantitative estimate of drug-likeness (QED) is 0.785. The fourth-order valence-electron chi connectivity index (χ4n) is 3.36. The SMILES string of the molecule is CC(C)(C)OC(=O)N[C@@H]1CC[C@H]1OCc1cc(N)cc(C2CCOC2)c1. The van der Waals surface area contributed by atoms with Gasteiger partial charge in [-0.05, 0) is 63.3 Å². The summed E-state index contributed by atoms with van der Waals surface area (Å²) in [6.45, 7) is 7.62. The van der Waals surface area contributed by atoms with Crippen LogP contribution in [-0.4, -0.2) is 37.1 Å². The number of amides is 1. The number of hydrogen-bond donors (Lipinski definition) is 2. The van der Waals surface area contributed by atoms with E-state index in [1.807, 2.05) is 32.9 Å². The van der Waals surface area contributed by atoms with Gasteiger partial charge in [0.25, 0.3) is 0 Å². The summed E-state index contributed by atoms with van der Waals surface area (Å²) in [5.41, 5.74) is 8.61. The van der Waals surface area contributed by atoms with E-state index in [0.717, 1.165) is 43.7 Å². The first-order chi connectivity index (χ1) is 12.3. The average Bonchev–Trinajstić information content (AvgIpc) is 3.04. The van der Waals surface area contributed by atoms with E-state index >= 15 is 0 Å². The van der Waals surface area contributed by atoms with Crippen LogP contribution in [0.4, 0.5) is 10.5 Å². The summed E-state index contributed by atoms with van der Waals surface area (Å²) in [5, 5.41) is 2.90. The van der Waals surface area contributed by atoms with Gasteiger partial charge in [0, 0.05) is 18.2 Å². The molecule has 144 valence electrons. The number of carbonyl (C=O) groups excluding carboxylic acids is 1. The molecule has 1 aliphatic heterocycles. The van der Waals surface area contributed by atoms with Crippen LogP contribution in [-0.2, 0) is 20.8 Å². The number of nitrogen functional groups attached to an aromatic ring is 1. The third-order valence-electron chi connectivity index (χ3n) is 4.82. The Morgan fingerprint density at radius 3 is 2.69 bits per heavy atom. The summed E-state index contributed by atoms with van der Waals surface area (Å²) < 4.78 is 16.8. The van der Waals surface area contributed by atoms with Crippen molar-refractivity contribution in [1.29, 1.82) is 0 Å². The Kier molecular flexibility index (Phi) is 5.73. The second-order valence-electron chi connectivity index (χ2n) is 8.25. The van der Waals surface area contributed by atoms with Crippen LogP contribution in [0.25, 0.3) is 0 Å². The lowest BCUT2D eigenvalue weighted by Gasteiger charge is -2.37. The lowest BCUT2D eigenvalue weighted by molar-refractivity contribution is -0.0391. The van der Waals surface area contributed by atoms with Gasteiger partial charge in [-0.15, -0.1) is 0 Å². The summed E-state index contributed by atoms with van der Waals surface area (Å²) in [5.74, 6) is 0.419. The van der Waals surface area contributed by atoms with E-state index in [4.69, 9.17) is 19.9 Å². The minimum Gasteiger partial charge on any atom is -0.444 e. The average molecular weight is 362 g/mol. The lowest BCUT2D eigenvalue weighted by atomic mass is 9.89. The molecule has 6 heteroatoms. The molecule has 0 spiro atoms. The lowest BCUT2D eigenvalue weighted by Crippen LogP contribution is -2.52. The molecule has 1 saturated heterocycles. The topological polar surface area (TPSA) is 82.8 Å². The van der Waals surface area contributed by atoms with Crippen LogP contribution >= 0.6 is 0 Å². The first-order valence-corrected chi connectivity index (χ1v) is 9.38. The molecule has 1 unspecified atom stereocenters. The van der Waals surface area contributed by atoms with Crippen molar-refractivity contribution < 1.29 is 19.0 Å². The number of anilines is 1. The predicted octanol–water partition coefficient (Wildman–Crippen LogP) is 3.35. The maximum atomic E-state index is 11.9. The van der Waals surface area contributed by atoms with Gasteiger partial charge in [-0.3, -0.25) is 0 Å². The van der Waals surface area contributed by atoms with E-state index < -0.39 is 5.60 Å². The van der Waals surface area contributed by atoms with E-state index in [2.05, 4.69) is 11.4 Å². The van der Waals surface area contributed by atoms with Crippen LogP contribution in [0.5, 0.6) is 0 Å². The number of rotatable bonds is 5. The van der Waals surface area contributed by atoms with Gasteiger partial charge >= 0.3 is 6.09 Å². The largest absolute Gasteiger partial charge is 0.444 e. The third kappa shape index (κ3) is 5.11. The van der Waals surface area contributed by atoms with Gasteiger partial charge in [-0.1, -0.05) is 6.07 Å². The summed E-state index contributed by atoms with van der Waals surface area (Å²) in [4.78, 5) is 11.9. The molecule has 0 aromatic heterocycles. The molecule has 1 aromatic rings. The second kappa shape index (κ2) is 7.84. The molecule has 1 aliphatic carbocycles. The van der Waals surface area contributed by atoms with Gasteiger partial charge in [0.05, 0.1) is 25.4 Å². The Bertz CT molecular complexity index is 635. The highest BCUT2D eigenvalue weighted by Gasteiger charge is 2.34. The van der Waals surface area contributed by atoms with E-state index in [1.165, 1.54) is 5.56 Å². The molecule has 3 rings (SSSR count). The summed E-state index contributed by atoms with van der Waals surface area (Å²) in [7, 11) is 0. The standard InChI is InChI=1S/C20H30N2O4/c1-20(2,3)26-19(23)22-17-4-5-18(17)25-11-13-8-15(10-16(21)9-13)14-6-7-24-12-14/h8-10,14,17-18H,4-7,11-12,21H2,1-3H3,(H,22,23)/t14?,17-,18-/m1/s1. The highest BCUT2D eigenvalue weighted by Crippen LogP contribution is 2.29. The van der Waals surface area contributed by atoms with Gasteiger partial charge in [0.1, 0.15) is 5.60 Å². The van der Waals surface area contributed by atoms with Gasteiger partial charge < -0.3 is 25.3 Å². The Morgan fingerprint density at radius 2 is 2.08 bits per heavy atom. The van der Waals surface area contributed by atoms with E-state index in [-0.39, 0.29) is 18.2 Å². The molecular weight excluding hydrogens is 332 g/mol. The van der Waals surface area contributed by atoms with Crippen LogP contribution in [0, 0.1) is 0 Å². The van der Waals surface area contributed by atoms with Crippen molar-refractivity contribution in [2.45, 2.75) is 70.3 Å². The monoisotopic (exact) mass is 362 g/mol. The molecule has 1 amide bonds. The third-order valence-corrected chi connectivity index (χ3v) is 4.82. The number of nitrogens with one attached hydrogen (secondary N) is 1. The highest BCUT2D eigenvalue weighted by atomic mass is 16.6. The van der Waals surface area contributed by atoms with Crippen molar-refractivity contribution >= 4 is 11.8 Å². The second-order valence-corrected chi connectivity index (χ2v) is 8.25. The first kappa shape index (κ1) is 19.0. The predicted molar refractivity (Wildman–Crippen MR) is 100 cm³/mol. The Labute approximate surface area is 155 Å². The zero-order chi connectivity index (χ0) is 18.7. The number of carbonyl (C=O) groups is 1. The minimum absolute atomic E-state index is 0.00797. The van der Waals surface area contributed by atoms with Gasteiger partial charge in [0.2, 0.25) is 0 Å². The Balaban J connectivity index is 1.51. The summed E-state index contributed by atoms with van der Waals surface area (Å²) >= 11 is 0. The van der Waals surface area contributed by atoms with Crippen molar-refractivity contribution in [3.63, 3.8) is 0 Å². The van der Waals surface area contributed by atoms with Crippen molar-refractivity contribution in [2.24, 2.45) is 0 Å². The molecule has 0 bridgehead atoms. The molecular formula is C20H30N2O4. The molecule has 1 heterocycles. The smallest absolute Gasteiger partial charge is 0.407 e. The van der Waals surface area contributed by atoms with Crippen LogP contribution in [0.1, 0.15) is 57.1 Å². The van der Waals surface area contributed by atoms with Gasteiger partial charge in [0.15, 0.2) is 0 Å². The fourth-order valence-corrected chi connectivity index (χ4v) is 3.36. The first-order valence-electron chi connectivity index (χ1n) is 9.38. The highest BCUT2D eigenvalue weighted by molar-refractivity contribution is 5.68. The van der Waals surface area contributed by atoms with Crippen LogP contribution < -0.4 is 11.1 Å². The molecule has 2 fully saturated rings. The van der Waals surface area contributed by atoms with Crippen LogP contribution in [0.15, 0.2) is 18.2 Å². The van der Waals surface area contributed by atoms with Crippen molar-refractivity contribution in [2.75, 3.05) is 18.9 Å². The van der Waals surface area contributed by atoms with Crippen molar-refractivity contribution in [3.8, 4) is 0 Å². The maximum Gasteiger partial charge on any atom is 0.407 e. The Morgan fingerprint density at radius 1 is 1.27 bits per heavy atom. The van der Waals surface area contributed by atoms with Gasteiger partial charge in [-0.25, -0.2) is 4.79 Å². The zero-order valence-corrected chi connectivity index (χ0v) is 15.9. The normalized spacial score (nSPS) is 25.6. The number of alkyl carbamates (subject to hydrolysis) is 1. The van der Waals surface area contributed by atoms with Crippen molar-refractivity contribution in [1.82, 2.24) is 5.32 Å². The molecule has 2 aliphatic rings. The van der Waals surface area contributed by atoms with E-state index in [1.54, 1.807) is 0 Å². The van der Waals surface area contributed by atoms with Crippen LogP contribution in [0.2, 0.25) is 0 Å². The molecule has 26 heavy (non-hydrogen) atoms. The minimum atomic E-state index is -0.494. The summed E-state index contributed by atoms with van der Waals surface area (Å²) in [6.07, 6.45) is 2.51. The number of nitrogens with two attached hydrogens (primary N) is 1. The molecule has 1 saturated carbocycles. The van der Waals surface area contributed by atoms with E-state index in [9.17, 15) is 4.79 Å². The Hall–Kier alpha value is -1.79. The van der Waals surface area contributed by atoms with Crippen LogP contribution in [0.3, 0.4) is 0 Å². The van der Waals surface area contributed by atoms with Crippen molar-refractivity contribution in [3.05, 3.63) is 29.3 Å². The molecule has 1 aromatic carbocycles. The maximum absolute atomic E-state index is 11.9.